The molecule has 2 heteroatoms. The lowest BCUT2D eigenvalue weighted by Gasteiger charge is -2.25. The molecule has 1 saturated carbocycles. The van der Waals surface area contributed by atoms with Crippen LogP contribution in [0.4, 0.5) is 0 Å². The second kappa shape index (κ2) is 5.57. The summed E-state index contributed by atoms with van der Waals surface area (Å²) in [6.07, 6.45) is 6.59. The van der Waals surface area contributed by atoms with Crippen molar-refractivity contribution < 1.29 is 0 Å². The highest BCUT2D eigenvalue weighted by molar-refractivity contribution is 9.10. The Morgan fingerprint density at radius 2 is 2.11 bits per heavy atom. The zero-order valence-electron chi connectivity index (χ0n) is 12.0. The molecule has 1 N–H and O–H groups in total. The fourth-order valence-electron chi connectivity index (χ4n) is 4.10. The molecule has 0 amide bonds. The monoisotopic (exact) mass is 321 g/mol. The Morgan fingerprint density at radius 1 is 1.26 bits per heavy atom. The highest BCUT2D eigenvalue weighted by Gasteiger charge is 2.34. The van der Waals surface area contributed by atoms with Gasteiger partial charge in [0.1, 0.15) is 0 Å². The smallest absolute Gasteiger partial charge is 0.0329 e. The molecule has 0 heterocycles. The van der Waals surface area contributed by atoms with Crippen LogP contribution in [0.25, 0.3) is 0 Å². The minimum atomic E-state index is 0.579. The van der Waals surface area contributed by atoms with Crippen molar-refractivity contribution in [3.63, 3.8) is 0 Å². The summed E-state index contributed by atoms with van der Waals surface area (Å²) in [6, 6.07) is 7.96. The first-order chi connectivity index (χ1) is 9.20. The Balaban J connectivity index is 1.72. The number of halogens is 1. The third-order valence-corrected chi connectivity index (χ3v) is 6.12. The molecule has 0 bridgehead atoms. The molecule has 1 aromatic carbocycles. The van der Waals surface area contributed by atoms with E-state index in [9.17, 15) is 0 Å². The van der Waals surface area contributed by atoms with Gasteiger partial charge in [0.25, 0.3) is 0 Å². The van der Waals surface area contributed by atoms with Crippen LogP contribution in [0.5, 0.6) is 0 Å². The second-order valence-corrected chi connectivity index (χ2v) is 7.13. The highest BCUT2D eigenvalue weighted by atomic mass is 79.9. The van der Waals surface area contributed by atoms with Crippen LogP contribution in [-0.4, -0.2) is 6.04 Å². The third-order valence-electron chi connectivity index (χ3n) is 5.38. The standard InChI is InChI=1S/C17H24BrN/c1-3-12-7-9-16(11(12)2)19-17-10-8-13-14(17)5-4-6-15(13)18/h4-6,11-12,16-17,19H,3,7-10H2,1-2H3. The van der Waals surface area contributed by atoms with Gasteiger partial charge >= 0.3 is 0 Å². The first kappa shape index (κ1) is 13.6. The Kier molecular flexibility index (Phi) is 4.00. The van der Waals surface area contributed by atoms with Gasteiger partial charge in [0.2, 0.25) is 0 Å². The Morgan fingerprint density at radius 3 is 2.84 bits per heavy atom. The fourth-order valence-corrected chi connectivity index (χ4v) is 4.68. The number of hydrogen-bond donors (Lipinski definition) is 1. The van der Waals surface area contributed by atoms with Crippen LogP contribution >= 0.6 is 15.9 Å². The minimum absolute atomic E-state index is 0.579. The molecule has 1 fully saturated rings. The maximum atomic E-state index is 3.95. The van der Waals surface area contributed by atoms with Gasteiger partial charge in [-0.3, -0.25) is 0 Å². The lowest BCUT2D eigenvalue weighted by Crippen LogP contribution is -2.35. The Hall–Kier alpha value is -0.340. The van der Waals surface area contributed by atoms with E-state index in [0.29, 0.717) is 6.04 Å². The van der Waals surface area contributed by atoms with Crippen LogP contribution in [0.15, 0.2) is 22.7 Å². The van der Waals surface area contributed by atoms with Crippen molar-refractivity contribution in [3.8, 4) is 0 Å². The second-order valence-electron chi connectivity index (χ2n) is 6.28. The molecular formula is C17H24BrN. The molecule has 19 heavy (non-hydrogen) atoms. The van der Waals surface area contributed by atoms with Crippen molar-refractivity contribution in [2.24, 2.45) is 11.8 Å². The van der Waals surface area contributed by atoms with E-state index in [1.165, 1.54) is 47.7 Å². The molecule has 0 radical (unpaired) electrons. The molecule has 3 rings (SSSR count). The molecule has 2 aliphatic carbocycles. The van der Waals surface area contributed by atoms with Gasteiger partial charge in [0.05, 0.1) is 0 Å². The zero-order valence-corrected chi connectivity index (χ0v) is 13.5. The van der Waals surface area contributed by atoms with Gasteiger partial charge in [-0.15, -0.1) is 0 Å². The van der Waals surface area contributed by atoms with Gasteiger partial charge in [-0.1, -0.05) is 48.3 Å². The molecule has 0 saturated heterocycles. The van der Waals surface area contributed by atoms with Crippen molar-refractivity contribution in [1.29, 1.82) is 0 Å². The summed E-state index contributed by atoms with van der Waals surface area (Å²) in [5.74, 6) is 1.77. The maximum absolute atomic E-state index is 3.95. The molecule has 104 valence electrons. The van der Waals surface area contributed by atoms with Crippen LogP contribution in [0.3, 0.4) is 0 Å². The number of hydrogen-bond acceptors (Lipinski definition) is 1. The highest BCUT2D eigenvalue weighted by Crippen LogP contribution is 2.39. The largest absolute Gasteiger partial charge is 0.307 e. The SMILES string of the molecule is CCC1CCC(NC2CCc3c(Br)cccc32)C1C. The van der Waals surface area contributed by atoms with E-state index in [4.69, 9.17) is 0 Å². The number of benzene rings is 1. The average molecular weight is 322 g/mol. The molecule has 0 aromatic heterocycles. The summed E-state index contributed by atoms with van der Waals surface area (Å²) < 4.78 is 1.29. The molecule has 0 spiro atoms. The summed E-state index contributed by atoms with van der Waals surface area (Å²) in [5.41, 5.74) is 3.05. The van der Waals surface area contributed by atoms with Crippen molar-refractivity contribution in [2.75, 3.05) is 0 Å². The van der Waals surface area contributed by atoms with Crippen molar-refractivity contribution in [2.45, 2.75) is 58.0 Å². The first-order valence-electron chi connectivity index (χ1n) is 7.74. The van der Waals surface area contributed by atoms with Crippen LogP contribution in [-0.2, 0) is 6.42 Å². The minimum Gasteiger partial charge on any atom is -0.307 e. The number of rotatable bonds is 3. The van der Waals surface area contributed by atoms with Gasteiger partial charge in [0.15, 0.2) is 0 Å². The number of nitrogens with one attached hydrogen (secondary N) is 1. The average Bonchev–Trinajstić information content (AvgIpc) is 2.97. The van der Waals surface area contributed by atoms with Crippen molar-refractivity contribution >= 4 is 15.9 Å². The fraction of sp³-hybridized carbons (Fsp3) is 0.647. The van der Waals surface area contributed by atoms with E-state index in [-0.39, 0.29) is 0 Å². The maximum Gasteiger partial charge on any atom is 0.0329 e. The van der Waals surface area contributed by atoms with Gasteiger partial charge in [-0.2, -0.15) is 0 Å². The number of fused-ring (bicyclic) bond motifs is 1. The molecule has 2 aliphatic rings. The molecule has 1 aromatic rings. The lowest BCUT2D eigenvalue weighted by molar-refractivity contribution is 0.320. The normalized spacial score (nSPS) is 33.6. The predicted molar refractivity (Wildman–Crippen MR) is 84.3 cm³/mol. The Labute approximate surface area is 125 Å². The third kappa shape index (κ3) is 2.50. The molecule has 4 atom stereocenters. The molecule has 4 unspecified atom stereocenters. The van der Waals surface area contributed by atoms with Crippen LogP contribution < -0.4 is 5.32 Å². The Bertz CT molecular complexity index is 457. The predicted octanol–water partition coefficient (Wildman–Crippen LogP) is 4.85. The summed E-state index contributed by atoms with van der Waals surface area (Å²) in [4.78, 5) is 0. The van der Waals surface area contributed by atoms with Gasteiger partial charge in [0, 0.05) is 16.6 Å². The quantitative estimate of drug-likeness (QED) is 0.839. The van der Waals surface area contributed by atoms with Crippen LogP contribution in [0.1, 0.15) is 56.7 Å². The molecular weight excluding hydrogens is 298 g/mol. The lowest BCUT2D eigenvalue weighted by atomic mass is 9.93. The van der Waals surface area contributed by atoms with E-state index in [1.807, 2.05) is 0 Å². The van der Waals surface area contributed by atoms with Crippen molar-refractivity contribution in [1.82, 2.24) is 5.32 Å². The van der Waals surface area contributed by atoms with E-state index in [1.54, 1.807) is 0 Å². The topological polar surface area (TPSA) is 12.0 Å². The van der Waals surface area contributed by atoms with Gasteiger partial charge < -0.3 is 5.32 Å². The summed E-state index contributed by atoms with van der Waals surface area (Å²) >= 11 is 3.69. The van der Waals surface area contributed by atoms with Crippen LogP contribution in [0, 0.1) is 11.8 Å². The summed E-state index contributed by atoms with van der Waals surface area (Å²) in [6.45, 7) is 4.78. The van der Waals surface area contributed by atoms with E-state index in [0.717, 1.165) is 17.9 Å². The van der Waals surface area contributed by atoms with Crippen molar-refractivity contribution in [3.05, 3.63) is 33.8 Å². The van der Waals surface area contributed by atoms with Crippen LogP contribution in [0.2, 0.25) is 0 Å². The molecule has 1 nitrogen and oxygen atoms in total. The van der Waals surface area contributed by atoms with Gasteiger partial charge in [-0.25, -0.2) is 0 Å². The van der Waals surface area contributed by atoms with E-state index >= 15 is 0 Å². The zero-order chi connectivity index (χ0) is 13.4. The molecule has 0 aliphatic heterocycles. The summed E-state index contributed by atoms with van der Waals surface area (Å²) in [7, 11) is 0. The van der Waals surface area contributed by atoms with E-state index < -0.39 is 0 Å². The first-order valence-corrected chi connectivity index (χ1v) is 8.53. The van der Waals surface area contributed by atoms with E-state index in [2.05, 4.69) is 53.3 Å². The van der Waals surface area contributed by atoms with Gasteiger partial charge in [-0.05, 0) is 54.7 Å². The summed E-state index contributed by atoms with van der Waals surface area (Å²) in [5, 5.41) is 3.95.